The van der Waals surface area contributed by atoms with Crippen molar-refractivity contribution in [3.8, 4) is 0 Å². The van der Waals surface area contributed by atoms with Gasteiger partial charge in [0, 0.05) is 17.8 Å². The standard InChI is InChI=1S/C24H38O4/c1-16-13-20(28-18(3)25)23(7)21(4,5)10-8-11-22(23,6)24(16,26)12-9-19-14-17(2)27-15-19/h14,16,20,26H,2,8-13,15H2,1,3-7H3/t16?,20-,22+,23+,24-/m1/s1. The molecular formula is C24H38O4. The first-order valence-corrected chi connectivity index (χ1v) is 10.8. The highest BCUT2D eigenvalue weighted by molar-refractivity contribution is 5.66. The molecule has 3 rings (SSSR count). The summed E-state index contributed by atoms with van der Waals surface area (Å²) in [4.78, 5) is 11.9. The van der Waals surface area contributed by atoms with Crippen LogP contribution in [0.4, 0.5) is 0 Å². The third kappa shape index (κ3) is 2.94. The fourth-order valence-corrected chi connectivity index (χ4v) is 6.78. The third-order valence-electron chi connectivity index (χ3n) is 8.96. The molecule has 1 N–H and O–H groups in total. The molecule has 0 radical (unpaired) electrons. The molecule has 0 aromatic carbocycles. The number of fused-ring (bicyclic) bond motifs is 1. The minimum atomic E-state index is -0.819. The van der Waals surface area contributed by atoms with Crippen molar-refractivity contribution in [2.24, 2.45) is 22.2 Å². The summed E-state index contributed by atoms with van der Waals surface area (Å²) in [5, 5.41) is 12.2. The Labute approximate surface area is 170 Å². The van der Waals surface area contributed by atoms with E-state index in [0.29, 0.717) is 25.2 Å². The quantitative estimate of drug-likeness (QED) is 0.674. The van der Waals surface area contributed by atoms with Gasteiger partial charge in [0.25, 0.3) is 0 Å². The summed E-state index contributed by atoms with van der Waals surface area (Å²) < 4.78 is 11.4. The monoisotopic (exact) mass is 390 g/mol. The molecule has 0 aromatic heterocycles. The summed E-state index contributed by atoms with van der Waals surface area (Å²) in [6, 6.07) is 0. The average Bonchev–Trinajstić information content (AvgIpc) is 3.00. The Morgan fingerprint density at radius 2 is 2.00 bits per heavy atom. The van der Waals surface area contributed by atoms with Gasteiger partial charge >= 0.3 is 5.97 Å². The van der Waals surface area contributed by atoms with Crippen LogP contribution in [0.15, 0.2) is 24.0 Å². The Balaban J connectivity index is 2.00. The molecule has 0 bridgehead atoms. The molecule has 4 nitrogen and oxygen atoms in total. The maximum absolute atomic E-state index is 12.2. The first kappa shape index (κ1) is 21.4. The molecule has 2 fully saturated rings. The van der Waals surface area contributed by atoms with Crippen LogP contribution in [-0.2, 0) is 14.3 Å². The van der Waals surface area contributed by atoms with Crippen molar-refractivity contribution < 1.29 is 19.4 Å². The Morgan fingerprint density at radius 3 is 2.57 bits per heavy atom. The van der Waals surface area contributed by atoms with E-state index < -0.39 is 5.60 Å². The molecule has 28 heavy (non-hydrogen) atoms. The summed E-state index contributed by atoms with van der Waals surface area (Å²) in [7, 11) is 0. The first-order valence-electron chi connectivity index (χ1n) is 10.8. The van der Waals surface area contributed by atoms with Crippen LogP contribution in [0.25, 0.3) is 0 Å². The van der Waals surface area contributed by atoms with E-state index in [-0.39, 0.29) is 34.2 Å². The van der Waals surface area contributed by atoms with Crippen molar-refractivity contribution in [1.29, 1.82) is 0 Å². The van der Waals surface area contributed by atoms with E-state index in [1.165, 1.54) is 12.5 Å². The van der Waals surface area contributed by atoms with Gasteiger partial charge in [-0.1, -0.05) is 47.6 Å². The van der Waals surface area contributed by atoms with Crippen molar-refractivity contribution in [2.75, 3.05) is 6.61 Å². The topological polar surface area (TPSA) is 55.8 Å². The van der Waals surface area contributed by atoms with Gasteiger partial charge in [-0.15, -0.1) is 0 Å². The molecule has 0 spiro atoms. The van der Waals surface area contributed by atoms with Gasteiger partial charge in [0.2, 0.25) is 0 Å². The summed E-state index contributed by atoms with van der Waals surface area (Å²) in [6.07, 6.45) is 7.17. The van der Waals surface area contributed by atoms with Crippen LogP contribution in [0, 0.1) is 22.2 Å². The molecule has 1 aliphatic heterocycles. The lowest BCUT2D eigenvalue weighted by Gasteiger charge is -2.70. The van der Waals surface area contributed by atoms with Crippen molar-refractivity contribution >= 4 is 5.97 Å². The van der Waals surface area contributed by atoms with Gasteiger partial charge in [-0.3, -0.25) is 4.79 Å². The highest BCUT2D eigenvalue weighted by Gasteiger charge is 2.71. The third-order valence-corrected chi connectivity index (χ3v) is 8.96. The van der Waals surface area contributed by atoms with Gasteiger partial charge in [-0.05, 0) is 55.1 Å². The predicted octanol–water partition coefficient (Wildman–Crippen LogP) is 5.16. The van der Waals surface area contributed by atoms with Crippen LogP contribution in [0.2, 0.25) is 0 Å². The molecule has 5 atom stereocenters. The van der Waals surface area contributed by atoms with Crippen LogP contribution >= 0.6 is 0 Å². The van der Waals surface area contributed by atoms with E-state index >= 15 is 0 Å². The number of rotatable bonds is 4. The predicted molar refractivity (Wildman–Crippen MR) is 111 cm³/mol. The van der Waals surface area contributed by atoms with Crippen LogP contribution < -0.4 is 0 Å². The Hall–Kier alpha value is -1.29. The smallest absolute Gasteiger partial charge is 0.302 e. The van der Waals surface area contributed by atoms with Crippen LogP contribution in [0.3, 0.4) is 0 Å². The second-order valence-corrected chi connectivity index (χ2v) is 10.5. The van der Waals surface area contributed by atoms with E-state index in [0.717, 1.165) is 25.7 Å². The Bertz CT molecular complexity index is 693. The zero-order valence-corrected chi connectivity index (χ0v) is 18.6. The van der Waals surface area contributed by atoms with E-state index in [4.69, 9.17) is 9.47 Å². The zero-order chi connectivity index (χ0) is 21.0. The lowest BCUT2D eigenvalue weighted by Crippen LogP contribution is -2.72. The largest absolute Gasteiger partial charge is 0.490 e. The Kier molecular flexibility index (Phi) is 5.28. The van der Waals surface area contributed by atoms with E-state index in [2.05, 4.69) is 41.2 Å². The van der Waals surface area contributed by atoms with Crippen LogP contribution in [0.5, 0.6) is 0 Å². The van der Waals surface area contributed by atoms with Crippen LogP contribution in [-0.4, -0.2) is 29.4 Å². The molecule has 3 aliphatic rings. The molecule has 0 amide bonds. The van der Waals surface area contributed by atoms with E-state index in [1.54, 1.807) is 0 Å². The maximum atomic E-state index is 12.2. The van der Waals surface area contributed by atoms with Crippen LogP contribution in [0.1, 0.15) is 80.1 Å². The molecule has 1 heterocycles. The molecule has 1 unspecified atom stereocenters. The number of hydrogen-bond donors (Lipinski definition) is 1. The molecule has 0 saturated heterocycles. The first-order chi connectivity index (χ1) is 12.9. The second-order valence-electron chi connectivity index (χ2n) is 10.5. The fourth-order valence-electron chi connectivity index (χ4n) is 6.78. The highest BCUT2D eigenvalue weighted by Crippen LogP contribution is 2.71. The number of esters is 1. The average molecular weight is 391 g/mol. The van der Waals surface area contributed by atoms with Crippen molar-refractivity contribution in [2.45, 2.75) is 91.8 Å². The van der Waals surface area contributed by atoms with Crippen molar-refractivity contribution in [3.05, 3.63) is 24.0 Å². The van der Waals surface area contributed by atoms with Gasteiger partial charge in [-0.2, -0.15) is 0 Å². The number of allylic oxidation sites excluding steroid dienone is 1. The number of aliphatic hydroxyl groups is 1. The van der Waals surface area contributed by atoms with E-state index in [9.17, 15) is 9.90 Å². The lowest BCUT2D eigenvalue weighted by molar-refractivity contribution is -0.294. The molecular weight excluding hydrogens is 352 g/mol. The summed E-state index contributed by atoms with van der Waals surface area (Å²) in [6.45, 7) is 17.2. The highest BCUT2D eigenvalue weighted by atomic mass is 16.5. The van der Waals surface area contributed by atoms with Gasteiger partial charge in [-0.25, -0.2) is 0 Å². The zero-order valence-electron chi connectivity index (χ0n) is 18.6. The summed E-state index contributed by atoms with van der Waals surface area (Å²) >= 11 is 0. The van der Waals surface area contributed by atoms with Crippen molar-refractivity contribution in [3.63, 3.8) is 0 Å². The van der Waals surface area contributed by atoms with Gasteiger partial charge in [0.1, 0.15) is 18.5 Å². The summed E-state index contributed by atoms with van der Waals surface area (Å²) in [5.41, 5.74) is -0.279. The molecule has 0 aromatic rings. The van der Waals surface area contributed by atoms with Crippen molar-refractivity contribution in [1.82, 2.24) is 0 Å². The number of ether oxygens (including phenoxy) is 2. The molecule has 158 valence electrons. The number of carbonyl (C=O) groups excluding carboxylic acids is 1. The molecule has 2 aliphatic carbocycles. The van der Waals surface area contributed by atoms with Gasteiger partial charge in [0.15, 0.2) is 0 Å². The minimum absolute atomic E-state index is 0.0295. The van der Waals surface area contributed by atoms with Gasteiger partial charge in [0.05, 0.1) is 5.60 Å². The molecule has 4 heteroatoms. The Morgan fingerprint density at radius 1 is 1.32 bits per heavy atom. The second kappa shape index (κ2) is 6.90. The lowest BCUT2D eigenvalue weighted by atomic mass is 9.36. The fraction of sp³-hybridized carbons (Fsp3) is 0.792. The maximum Gasteiger partial charge on any atom is 0.302 e. The summed E-state index contributed by atoms with van der Waals surface area (Å²) in [5.74, 6) is 0.540. The van der Waals surface area contributed by atoms with E-state index in [1.807, 2.05) is 6.08 Å². The molecule has 2 saturated carbocycles. The normalized spacial score (nSPS) is 42.4. The number of carbonyl (C=O) groups is 1. The number of hydrogen-bond acceptors (Lipinski definition) is 4. The minimum Gasteiger partial charge on any atom is -0.490 e. The SMILES string of the molecule is C=C1C=C(CC[C@@]2(O)C(C)C[C@@H](OC(C)=O)[C@@]3(C)C(C)(C)CCC[C@]23C)CO1. The van der Waals surface area contributed by atoms with Gasteiger partial charge < -0.3 is 14.6 Å².